The molecule has 1 unspecified atom stereocenters. The Kier molecular flexibility index (Phi) is 7.15. The normalized spacial score (nSPS) is 14.6. The fourth-order valence-electron chi connectivity index (χ4n) is 2.51. The van der Waals surface area contributed by atoms with Crippen molar-refractivity contribution < 1.29 is 1.43 Å². The summed E-state index contributed by atoms with van der Waals surface area (Å²) in [6, 6.07) is 9.67. The number of nitrogens with one attached hydrogen (secondary N) is 1. The summed E-state index contributed by atoms with van der Waals surface area (Å²) in [6.07, 6.45) is 3.78. The summed E-state index contributed by atoms with van der Waals surface area (Å²) in [5.74, 6) is 1.37. The fraction of sp³-hybridized carbons (Fsp3) is 0.667. The number of hydrogen-bond donors (Lipinski definition) is 1. The lowest BCUT2D eigenvalue weighted by Gasteiger charge is -2.23. The molecule has 2 atom stereocenters. The highest BCUT2D eigenvalue weighted by molar-refractivity contribution is 5.24. The van der Waals surface area contributed by atoms with E-state index in [1.165, 1.54) is 30.4 Å². The van der Waals surface area contributed by atoms with E-state index in [1.54, 1.807) is 0 Å². The quantitative estimate of drug-likeness (QED) is 0.684. The van der Waals surface area contributed by atoms with Gasteiger partial charge < -0.3 is 5.32 Å². The van der Waals surface area contributed by atoms with Gasteiger partial charge in [-0.25, -0.2) is 0 Å². The van der Waals surface area contributed by atoms with Crippen molar-refractivity contribution in [3.05, 3.63) is 35.4 Å². The highest BCUT2D eigenvalue weighted by Crippen LogP contribution is 2.22. The maximum absolute atomic E-state index is 3.73. The Labute approximate surface area is 121 Å². The lowest BCUT2D eigenvalue weighted by molar-refractivity contribution is 0.398. The van der Waals surface area contributed by atoms with Crippen molar-refractivity contribution in [3.8, 4) is 0 Å². The molecular formula is C18H33N. The zero-order valence-corrected chi connectivity index (χ0v) is 13.4. The van der Waals surface area contributed by atoms with Crippen LogP contribution in [0.25, 0.3) is 0 Å². The molecule has 1 nitrogen and oxygen atoms in total. The number of benzene rings is 1. The van der Waals surface area contributed by atoms with E-state index in [0.29, 0.717) is 12.0 Å². The molecule has 0 aromatic heterocycles. The lowest BCUT2D eigenvalue weighted by Crippen LogP contribution is -2.33. The smallest absolute Gasteiger partial charge is 0.00727 e. The largest absolute Gasteiger partial charge is 0.314 e. The molecule has 0 fully saturated rings. The zero-order chi connectivity index (χ0) is 14.3. The van der Waals surface area contributed by atoms with Crippen LogP contribution < -0.4 is 5.32 Å². The maximum Gasteiger partial charge on any atom is 0.00727 e. The highest BCUT2D eigenvalue weighted by Gasteiger charge is 2.14. The van der Waals surface area contributed by atoms with Crippen molar-refractivity contribution in [3.63, 3.8) is 0 Å². The monoisotopic (exact) mass is 263 g/mol. The van der Waals surface area contributed by atoms with Crippen molar-refractivity contribution in [2.24, 2.45) is 5.92 Å². The summed E-state index contributed by atoms with van der Waals surface area (Å²) >= 11 is 0. The molecule has 0 saturated carbocycles. The molecule has 0 spiro atoms. The minimum Gasteiger partial charge on any atom is -0.314 e. The third-order valence-electron chi connectivity index (χ3n) is 3.74. The van der Waals surface area contributed by atoms with Crippen molar-refractivity contribution in [2.45, 2.75) is 65.8 Å². The van der Waals surface area contributed by atoms with E-state index in [9.17, 15) is 0 Å². The fourth-order valence-corrected chi connectivity index (χ4v) is 2.51. The van der Waals surface area contributed by atoms with E-state index in [2.05, 4.69) is 64.2 Å². The van der Waals surface area contributed by atoms with Gasteiger partial charge in [-0.05, 0) is 43.7 Å². The minimum atomic E-state index is 0. The molecule has 1 heteroatoms. The predicted molar refractivity (Wildman–Crippen MR) is 87.9 cm³/mol. The molecule has 19 heavy (non-hydrogen) atoms. The molecule has 0 heterocycles. The first-order valence-electron chi connectivity index (χ1n) is 7.82. The van der Waals surface area contributed by atoms with Gasteiger partial charge in [0.2, 0.25) is 0 Å². The van der Waals surface area contributed by atoms with Crippen LogP contribution in [0.4, 0.5) is 0 Å². The van der Waals surface area contributed by atoms with Crippen LogP contribution in [0.3, 0.4) is 0 Å². The first-order chi connectivity index (χ1) is 9.02. The average Bonchev–Trinajstić information content (AvgIpc) is 2.37. The summed E-state index contributed by atoms with van der Waals surface area (Å²) in [4.78, 5) is 0. The van der Waals surface area contributed by atoms with Gasteiger partial charge in [-0.3, -0.25) is 0 Å². The Balaban J connectivity index is 0.00000361. The summed E-state index contributed by atoms with van der Waals surface area (Å²) < 4.78 is 0. The second-order valence-corrected chi connectivity index (χ2v) is 6.34. The Morgan fingerprint density at radius 1 is 1.11 bits per heavy atom. The van der Waals surface area contributed by atoms with Gasteiger partial charge in [-0.15, -0.1) is 0 Å². The molecule has 1 N–H and O–H groups in total. The topological polar surface area (TPSA) is 12.0 Å². The highest BCUT2D eigenvalue weighted by atomic mass is 14.9. The molecule has 0 aliphatic heterocycles. The van der Waals surface area contributed by atoms with E-state index in [4.69, 9.17) is 0 Å². The standard InChI is InChI=1S/C18H31N.H2/c1-6-7-18(19-13-14(2)3)12-16(5)17-10-8-15(4)9-11-17;/h8-11,14,16,18-19H,6-7,12-13H2,1-5H3;1H/t16-,18?;/m0./s1. The summed E-state index contributed by atoms with van der Waals surface area (Å²) in [7, 11) is 0. The van der Waals surface area contributed by atoms with Gasteiger partial charge in [0, 0.05) is 7.47 Å². The first-order valence-corrected chi connectivity index (χ1v) is 7.82. The van der Waals surface area contributed by atoms with Crippen molar-refractivity contribution >= 4 is 0 Å². The van der Waals surface area contributed by atoms with Crippen LogP contribution in [0.2, 0.25) is 0 Å². The van der Waals surface area contributed by atoms with Crippen LogP contribution in [0.15, 0.2) is 24.3 Å². The van der Waals surface area contributed by atoms with Crippen molar-refractivity contribution in [2.75, 3.05) is 6.54 Å². The van der Waals surface area contributed by atoms with Gasteiger partial charge in [0.05, 0.1) is 0 Å². The first kappa shape index (κ1) is 16.2. The second-order valence-electron chi connectivity index (χ2n) is 6.34. The minimum absolute atomic E-state index is 0. The molecule has 0 aliphatic rings. The Bertz CT molecular complexity index is 345. The Morgan fingerprint density at radius 3 is 2.26 bits per heavy atom. The van der Waals surface area contributed by atoms with Gasteiger partial charge in [0.1, 0.15) is 0 Å². The molecule has 0 bridgehead atoms. The summed E-state index contributed by atoms with van der Waals surface area (Å²) in [6.45, 7) is 12.5. The average molecular weight is 263 g/mol. The van der Waals surface area contributed by atoms with E-state index in [-0.39, 0.29) is 1.43 Å². The van der Waals surface area contributed by atoms with Crippen LogP contribution in [0.5, 0.6) is 0 Å². The summed E-state index contributed by atoms with van der Waals surface area (Å²) in [5.41, 5.74) is 2.82. The number of rotatable bonds is 8. The van der Waals surface area contributed by atoms with Gasteiger partial charge in [-0.2, -0.15) is 0 Å². The van der Waals surface area contributed by atoms with E-state index < -0.39 is 0 Å². The van der Waals surface area contributed by atoms with Crippen molar-refractivity contribution in [1.29, 1.82) is 0 Å². The van der Waals surface area contributed by atoms with E-state index in [0.717, 1.165) is 12.5 Å². The predicted octanol–water partition coefficient (Wildman–Crippen LogP) is 5.15. The van der Waals surface area contributed by atoms with Crippen LogP contribution in [0.1, 0.15) is 65.4 Å². The second kappa shape index (κ2) is 8.37. The van der Waals surface area contributed by atoms with Crippen LogP contribution >= 0.6 is 0 Å². The Morgan fingerprint density at radius 2 is 1.74 bits per heavy atom. The van der Waals surface area contributed by atoms with Crippen molar-refractivity contribution in [1.82, 2.24) is 5.32 Å². The molecule has 0 aliphatic carbocycles. The zero-order valence-electron chi connectivity index (χ0n) is 13.4. The molecule has 1 aromatic rings. The SMILES string of the molecule is CCCC(C[C@H](C)c1ccc(C)cc1)NCC(C)C.[HH]. The van der Waals surface area contributed by atoms with Gasteiger partial charge in [0.25, 0.3) is 0 Å². The third-order valence-corrected chi connectivity index (χ3v) is 3.74. The van der Waals surface area contributed by atoms with Crippen LogP contribution in [0, 0.1) is 12.8 Å². The molecule has 1 aromatic carbocycles. The van der Waals surface area contributed by atoms with E-state index in [1.807, 2.05) is 0 Å². The molecular weight excluding hydrogens is 230 g/mol. The molecule has 0 radical (unpaired) electrons. The number of hydrogen-bond acceptors (Lipinski definition) is 1. The third kappa shape index (κ3) is 6.24. The maximum atomic E-state index is 3.73. The molecule has 0 amide bonds. The van der Waals surface area contributed by atoms with Crippen LogP contribution in [-0.4, -0.2) is 12.6 Å². The number of aryl methyl sites for hydroxylation is 1. The molecule has 0 saturated heterocycles. The molecule has 110 valence electrons. The Hall–Kier alpha value is -0.820. The summed E-state index contributed by atoms with van der Waals surface area (Å²) in [5, 5.41) is 3.73. The van der Waals surface area contributed by atoms with Gasteiger partial charge >= 0.3 is 0 Å². The van der Waals surface area contributed by atoms with Gasteiger partial charge in [-0.1, -0.05) is 63.9 Å². The molecule has 1 rings (SSSR count). The van der Waals surface area contributed by atoms with Crippen LogP contribution in [-0.2, 0) is 0 Å². The van der Waals surface area contributed by atoms with E-state index >= 15 is 0 Å². The lowest BCUT2D eigenvalue weighted by atomic mass is 9.91. The van der Waals surface area contributed by atoms with Gasteiger partial charge in [0.15, 0.2) is 0 Å².